The third-order valence-electron chi connectivity index (χ3n) is 5.58. The first kappa shape index (κ1) is 20.3. The molecule has 160 valence electrons. The Morgan fingerprint density at radius 3 is 2.72 bits per heavy atom. The molecule has 0 aromatic heterocycles. The summed E-state index contributed by atoms with van der Waals surface area (Å²) in [4.78, 5) is 9.48. The number of ether oxygens (including phenoxy) is 2. The zero-order chi connectivity index (χ0) is 21.8. The molecule has 0 amide bonds. The van der Waals surface area contributed by atoms with Gasteiger partial charge in [0.1, 0.15) is 24.3 Å². The lowest BCUT2D eigenvalue weighted by Gasteiger charge is -2.32. The van der Waals surface area contributed by atoms with Crippen LogP contribution in [0, 0.1) is 0 Å². The average molecular weight is 426 g/mol. The number of methoxy groups -OCH3 is 1. The minimum absolute atomic E-state index is 0.287. The second kappa shape index (κ2) is 8.88. The highest BCUT2D eigenvalue weighted by Crippen LogP contribution is 2.37. The lowest BCUT2D eigenvalue weighted by molar-refractivity contribution is -0.789. The van der Waals surface area contributed by atoms with Gasteiger partial charge in [0.2, 0.25) is 5.70 Å². The molecule has 0 saturated carbocycles. The highest BCUT2D eigenvalue weighted by Gasteiger charge is 2.47. The number of nitrogens with zero attached hydrogens (tertiary/aromatic N) is 3. The molecule has 0 saturated heterocycles. The number of hydrogen-bond acceptors (Lipinski definition) is 5. The Morgan fingerprint density at radius 1 is 1.06 bits per heavy atom. The number of aliphatic imine (C=N–C) groups is 2. The van der Waals surface area contributed by atoms with E-state index in [1.807, 2.05) is 61.1 Å². The van der Waals surface area contributed by atoms with E-state index in [2.05, 4.69) is 40.8 Å². The Bertz CT molecular complexity index is 1190. The first-order valence-electron chi connectivity index (χ1n) is 10.6. The fourth-order valence-electron chi connectivity index (χ4n) is 3.91. The molecule has 0 spiro atoms. The number of nitrogens with one attached hydrogen (secondary N) is 1. The summed E-state index contributed by atoms with van der Waals surface area (Å²) in [6.45, 7) is 1.76. The molecular weight excluding hydrogens is 400 g/mol. The molecule has 0 fully saturated rings. The van der Waals surface area contributed by atoms with E-state index in [4.69, 9.17) is 14.5 Å². The Morgan fingerprint density at radius 2 is 1.94 bits per heavy atom. The van der Waals surface area contributed by atoms with E-state index in [0.29, 0.717) is 19.8 Å². The first-order valence-corrected chi connectivity index (χ1v) is 10.6. The summed E-state index contributed by atoms with van der Waals surface area (Å²) >= 11 is 0. The van der Waals surface area contributed by atoms with Crippen molar-refractivity contribution in [2.75, 3.05) is 20.3 Å². The van der Waals surface area contributed by atoms with Crippen LogP contribution in [0.4, 0.5) is 0 Å². The molecule has 32 heavy (non-hydrogen) atoms. The van der Waals surface area contributed by atoms with Crippen molar-refractivity contribution >= 4 is 12.1 Å². The topological polar surface area (TPSA) is 55.2 Å². The molecule has 2 aliphatic heterocycles. The van der Waals surface area contributed by atoms with Gasteiger partial charge in [-0.2, -0.15) is 4.99 Å². The maximum absolute atomic E-state index is 6.08. The molecule has 1 N–H and O–H groups in total. The van der Waals surface area contributed by atoms with Crippen LogP contribution < -0.4 is 10.2 Å². The molecule has 1 unspecified atom stereocenters. The van der Waals surface area contributed by atoms with Gasteiger partial charge in [-0.3, -0.25) is 4.99 Å². The van der Waals surface area contributed by atoms with Crippen molar-refractivity contribution in [3.63, 3.8) is 0 Å². The van der Waals surface area contributed by atoms with E-state index < -0.39 is 0 Å². The monoisotopic (exact) mass is 425 g/mol. The van der Waals surface area contributed by atoms with Crippen molar-refractivity contribution in [3.8, 4) is 5.75 Å². The summed E-state index contributed by atoms with van der Waals surface area (Å²) < 4.78 is 11.7. The van der Waals surface area contributed by atoms with Crippen LogP contribution in [-0.4, -0.2) is 36.9 Å². The van der Waals surface area contributed by atoms with Gasteiger partial charge < -0.3 is 9.47 Å². The molecule has 3 aliphatic rings. The van der Waals surface area contributed by atoms with Crippen LogP contribution in [0.2, 0.25) is 0 Å². The van der Waals surface area contributed by atoms with Gasteiger partial charge in [0.25, 0.3) is 5.84 Å². The molecule has 0 bridgehead atoms. The number of fused-ring (bicyclic) bond motifs is 1. The predicted octanol–water partition coefficient (Wildman–Crippen LogP) is 4.26. The Hall–Kier alpha value is -3.58. The van der Waals surface area contributed by atoms with Crippen molar-refractivity contribution in [2.24, 2.45) is 9.98 Å². The maximum Gasteiger partial charge on any atom is 0.265 e. The zero-order valence-corrected chi connectivity index (χ0v) is 17.9. The van der Waals surface area contributed by atoms with Gasteiger partial charge >= 0.3 is 0 Å². The summed E-state index contributed by atoms with van der Waals surface area (Å²) in [5, 5.41) is 0. The molecule has 1 aliphatic carbocycles. The van der Waals surface area contributed by atoms with E-state index >= 15 is 0 Å². The van der Waals surface area contributed by atoms with E-state index in [0.717, 1.165) is 39.7 Å². The first-order chi connectivity index (χ1) is 15.8. The summed E-state index contributed by atoms with van der Waals surface area (Å²) in [7, 11) is 1.70. The smallest absolute Gasteiger partial charge is 0.265 e. The highest BCUT2D eigenvalue weighted by atomic mass is 16.5. The van der Waals surface area contributed by atoms with Crippen molar-refractivity contribution in [3.05, 3.63) is 113 Å². The van der Waals surface area contributed by atoms with Crippen LogP contribution in [0.1, 0.15) is 11.1 Å². The van der Waals surface area contributed by atoms with Gasteiger partial charge in [0.05, 0.1) is 31.1 Å². The Labute approximate surface area is 187 Å². The lowest BCUT2D eigenvalue weighted by atomic mass is 10.0. The number of quaternary nitrogens is 1. The number of hydrogen-bond donors (Lipinski definition) is 1. The van der Waals surface area contributed by atoms with E-state index in [-0.39, 0.29) is 4.59 Å². The van der Waals surface area contributed by atoms with Gasteiger partial charge in [-0.1, -0.05) is 54.6 Å². The van der Waals surface area contributed by atoms with E-state index in [1.165, 1.54) is 0 Å². The summed E-state index contributed by atoms with van der Waals surface area (Å²) in [6.07, 6.45) is 11.9. The second-order valence-electron chi connectivity index (χ2n) is 7.65. The summed E-state index contributed by atoms with van der Waals surface area (Å²) in [5.41, 5.74) is 8.74. The normalized spacial score (nSPS) is 20.7. The van der Waals surface area contributed by atoms with Crippen molar-refractivity contribution in [2.45, 2.75) is 6.61 Å². The Kier molecular flexibility index (Phi) is 5.64. The standard InChI is InChI=1S/C26H25N4O2/c1-31-16-14-28-30-15-13-27-18-24(30)25(21-9-5-10-21)29-26(30)22-11-6-12-23(17-22)32-19-20-7-3-2-4-8-20/h2-13,15,17-18,28H,14,16,19H2,1H3/q+1. The fraction of sp³-hybridized carbons (Fsp3) is 0.154. The van der Waals surface area contributed by atoms with Crippen molar-refractivity contribution < 1.29 is 14.1 Å². The number of rotatable bonds is 9. The molecule has 2 aromatic carbocycles. The average Bonchev–Trinajstić information content (AvgIpc) is 3.13. The van der Waals surface area contributed by atoms with Crippen molar-refractivity contribution in [1.29, 1.82) is 0 Å². The molecule has 2 aromatic rings. The minimum atomic E-state index is 0.287. The zero-order valence-electron chi connectivity index (χ0n) is 17.9. The van der Waals surface area contributed by atoms with Gasteiger partial charge in [0, 0.05) is 12.7 Å². The number of benzene rings is 2. The third kappa shape index (κ3) is 3.76. The number of allylic oxidation sites excluding steroid dienone is 4. The Balaban J connectivity index is 1.48. The third-order valence-corrected chi connectivity index (χ3v) is 5.58. The predicted molar refractivity (Wildman–Crippen MR) is 126 cm³/mol. The molecular formula is C26H25N4O2+. The van der Waals surface area contributed by atoms with Crippen LogP contribution in [0.3, 0.4) is 0 Å². The minimum Gasteiger partial charge on any atom is -0.489 e. The molecule has 5 rings (SSSR count). The second-order valence-corrected chi connectivity index (χ2v) is 7.65. The van der Waals surface area contributed by atoms with E-state index in [1.54, 1.807) is 7.11 Å². The molecule has 6 nitrogen and oxygen atoms in total. The van der Waals surface area contributed by atoms with Crippen LogP contribution in [-0.2, 0) is 11.3 Å². The SMILES string of the molecule is COCCN[N+]12C=CN=CC1=C(C1=CC=C1)N=C2c1cccc(OCc2ccccc2)c1. The maximum atomic E-state index is 6.08. The lowest BCUT2D eigenvalue weighted by Crippen LogP contribution is -2.57. The summed E-state index contributed by atoms with van der Waals surface area (Å²) in [6, 6.07) is 18.3. The van der Waals surface area contributed by atoms with Gasteiger partial charge in [-0.15, -0.1) is 10.0 Å². The molecule has 2 heterocycles. The largest absolute Gasteiger partial charge is 0.489 e. The van der Waals surface area contributed by atoms with Gasteiger partial charge in [0.15, 0.2) is 0 Å². The highest BCUT2D eigenvalue weighted by molar-refractivity contribution is 6.01. The summed E-state index contributed by atoms with van der Waals surface area (Å²) in [5.74, 6) is 1.68. The number of amidine groups is 1. The van der Waals surface area contributed by atoms with Gasteiger partial charge in [-0.05, 0) is 23.8 Å². The molecule has 6 heteroatoms. The quantitative estimate of drug-likeness (QED) is 0.483. The fourth-order valence-corrected chi connectivity index (χ4v) is 3.91. The van der Waals surface area contributed by atoms with Crippen LogP contribution >= 0.6 is 0 Å². The molecule has 1 atom stereocenters. The van der Waals surface area contributed by atoms with E-state index in [9.17, 15) is 0 Å². The van der Waals surface area contributed by atoms with Crippen LogP contribution in [0.15, 0.2) is 112 Å². The van der Waals surface area contributed by atoms with Gasteiger partial charge in [-0.25, -0.2) is 0 Å². The van der Waals surface area contributed by atoms with Crippen LogP contribution in [0.5, 0.6) is 5.75 Å². The molecule has 0 radical (unpaired) electrons. The van der Waals surface area contributed by atoms with Crippen molar-refractivity contribution in [1.82, 2.24) is 5.43 Å². The van der Waals surface area contributed by atoms with Crippen LogP contribution in [0.25, 0.3) is 0 Å².